The molecule has 0 aromatic rings. The second-order valence-corrected chi connectivity index (χ2v) is 7.42. The van der Waals surface area contributed by atoms with Gasteiger partial charge in [-0.25, -0.2) is 0 Å². The Labute approximate surface area is 143 Å². The van der Waals surface area contributed by atoms with E-state index in [1.807, 2.05) is 0 Å². The SMILES string of the molecule is N#[C][Fe]([C]#N)([C]#N)([C]#N)([C]#N)[C]#N.[KH].[Ti]. The van der Waals surface area contributed by atoms with Gasteiger partial charge < -0.3 is 0 Å². The van der Waals surface area contributed by atoms with Gasteiger partial charge in [0.2, 0.25) is 0 Å². The van der Waals surface area contributed by atoms with E-state index >= 15 is 0 Å². The van der Waals surface area contributed by atoms with Crippen LogP contribution in [0, 0.1) is 61.4 Å². The van der Waals surface area contributed by atoms with Crippen LogP contribution >= 0.6 is 0 Å². The fourth-order valence-corrected chi connectivity index (χ4v) is 1.09. The molecule has 0 spiro atoms. The molecular formula is C6HFeKN6Ti. The van der Waals surface area contributed by atoms with E-state index < -0.39 is 10.7 Å². The molecule has 68 valence electrons. The van der Waals surface area contributed by atoms with Crippen LogP contribution in [0.5, 0.6) is 0 Å². The first-order chi connectivity index (χ1) is 5.97. The fourth-order valence-electron chi connectivity index (χ4n) is 0.265. The second kappa shape index (κ2) is 5.23. The van der Waals surface area contributed by atoms with Gasteiger partial charge in [-0.15, -0.1) is 0 Å². The van der Waals surface area contributed by atoms with E-state index in [9.17, 15) is 0 Å². The van der Waals surface area contributed by atoms with Crippen LogP contribution in [0.3, 0.4) is 0 Å². The van der Waals surface area contributed by atoms with E-state index in [0.717, 1.165) is 29.8 Å². The van der Waals surface area contributed by atoms with Crippen molar-refractivity contribution in [2.24, 2.45) is 0 Å². The van der Waals surface area contributed by atoms with E-state index in [-0.39, 0.29) is 73.1 Å². The molecule has 0 heterocycles. The molecule has 15 heavy (non-hydrogen) atoms. The first kappa shape index (κ1) is 20.3. The third-order valence-electron chi connectivity index (χ3n) is 1.19. The van der Waals surface area contributed by atoms with Crippen LogP contribution in [0.1, 0.15) is 0 Å². The molecular weight excluding hydrogens is 299 g/mol. The molecule has 0 aliphatic rings. The first-order valence-electron chi connectivity index (χ1n) is 2.40. The molecule has 6 nitrogen and oxygen atoms in total. The Kier molecular flexibility index (Phi) is 7.06. The number of hydrogen-bond donors (Lipinski definition) is 0. The van der Waals surface area contributed by atoms with Gasteiger partial charge >= 0.3 is 123 Å². The average molecular weight is 300 g/mol. The van der Waals surface area contributed by atoms with Crippen LogP contribution in [0.25, 0.3) is 0 Å². The van der Waals surface area contributed by atoms with Crippen molar-refractivity contribution in [1.82, 2.24) is 0 Å². The molecule has 0 amide bonds. The van der Waals surface area contributed by atoms with E-state index in [1.54, 1.807) is 0 Å². The predicted octanol–water partition coefficient (Wildman–Crippen LogP) is -0.553. The van der Waals surface area contributed by atoms with Crippen molar-refractivity contribution in [3.8, 4) is 29.8 Å². The first-order valence-corrected chi connectivity index (χ1v) is 5.71. The average Bonchev–Trinajstić information content (AvgIpc) is 2.26. The van der Waals surface area contributed by atoms with E-state index in [0.29, 0.717) is 0 Å². The molecule has 0 aromatic heterocycles. The Morgan fingerprint density at radius 2 is 0.667 bits per heavy atom. The largest absolute Gasteiger partial charge is 0 e. The minimum Gasteiger partial charge on any atom is 0 e. The Balaban J connectivity index is -0.000000720. The molecule has 0 aromatic carbocycles. The van der Waals surface area contributed by atoms with Gasteiger partial charge in [0.05, 0.1) is 0 Å². The van der Waals surface area contributed by atoms with Crippen molar-refractivity contribution in [2.75, 3.05) is 0 Å². The van der Waals surface area contributed by atoms with E-state index in [4.69, 9.17) is 31.6 Å². The third-order valence-corrected chi connectivity index (χ3v) is 4.89. The van der Waals surface area contributed by atoms with Crippen molar-refractivity contribution >= 4 is 51.4 Å². The maximum absolute atomic E-state index is 8.58. The minimum absolute atomic E-state index is 0. The van der Waals surface area contributed by atoms with Gasteiger partial charge in [0.25, 0.3) is 0 Å². The van der Waals surface area contributed by atoms with E-state index in [1.165, 1.54) is 0 Å². The van der Waals surface area contributed by atoms with Gasteiger partial charge in [0, 0.05) is 21.7 Å². The summed E-state index contributed by atoms with van der Waals surface area (Å²) in [5.41, 5.74) is 0. The summed E-state index contributed by atoms with van der Waals surface area (Å²) in [6.45, 7) is 0. The molecule has 0 aliphatic carbocycles. The normalized spacial score (nSPS) is 11.6. The molecule has 9 heteroatoms. The smallest absolute Gasteiger partial charge is 0 e. The number of nitriles is 6. The zero-order valence-electron chi connectivity index (χ0n) is 6.54. The maximum Gasteiger partial charge on any atom is 0 e. The fraction of sp³-hybridized carbons (Fsp3) is 0. The monoisotopic (exact) mass is 300 g/mol. The van der Waals surface area contributed by atoms with Crippen molar-refractivity contribution in [2.45, 2.75) is 0 Å². The van der Waals surface area contributed by atoms with Crippen molar-refractivity contribution in [3.05, 3.63) is 0 Å². The number of nitrogens with zero attached hydrogens (tertiary/aromatic N) is 6. The van der Waals surface area contributed by atoms with Crippen LogP contribution in [-0.2, 0) is 32.5 Å². The predicted molar refractivity (Wildman–Crippen MR) is 40.8 cm³/mol. The summed E-state index contributed by atoms with van der Waals surface area (Å²) in [6, 6.07) is 0. The van der Waals surface area contributed by atoms with Gasteiger partial charge in [-0.1, -0.05) is 0 Å². The van der Waals surface area contributed by atoms with Crippen LogP contribution in [0.15, 0.2) is 0 Å². The molecule has 0 N–H and O–H groups in total. The standard InChI is InChI=1S/6CN.Fe.K.Ti.H/c6*1-2;;;;. The van der Waals surface area contributed by atoms with Gasteiger partial charge in [0.15, 0.2) is 0 Å². The van der Waals surface area contributed by atoms with Crippen LogP contribution in [-0.4, -0.2) is 51.4 Å². The summed E-state index contributed by atoms with van der Waals surface area (Å²) in [4.78, 5) is 6.19. The Hall–Kier alpha value is -0.190. The number of hydrogen-bond acceptors (Lipinski definition) is 6. The molecule has 0 unspecified atom stereocenters. The van der Waals surface area contributed by atoms with Crippen LogP contribution in [0.2, 0.25) is 0 Å². The molecule has 0 rings (SSSR count). The topological polar surface area (TPSA) is 143 Å². The van der Waals surface area contributed by atoms with Gasteiger partial charge in [-0.05, 0) is 0 Å². The third kappa shape index (κ3) is 2.17. The molecule has 0 bridgehead atoms. The molecule has 0 radical (unpaired) electrons. The summed E-state index contributed by atoms with van der Waals surface area (Å²) >= 11 is 0. The Morgan fingerprint density at radius 1 is 0.533 bits per heavy atom. The van der Waals surface area contributed by atoms with E-state index in [2.05, 4.69) is 0 Å². The van der Waals surface area contributed by atoms with Crippen molar-refractivity contribution in [3.63, 3.8) is 0 Å². The zero-order valence-corrected chi connectivity index (χ0v) is 9.20. The van der Waals surface area contributed by atoms with Crippen molar-refractivity contribution in [1.29, 1.82) is 31.6 Å². The number of rotatable bonds is 0. The Bertz CT molecular complexity index is 397. The van der Waals surface area contributed by atoms with Crippen LogP contribution < -0.4 is 0 Å². The summed E-state index contributed by atoms with van der Waals surface area (Å²) in [7, 11) is -6.17. The second-order valence-electron chi connectivity index (χ2n) is 1.80. The summed E-state index contributed by atoms with van der Waals surface area (Å²) in [6.07, 6.45) is 0. The zero-order chi connectivity index (χ0) is 10.7. The van der Waals surface area contributed by atoms with Gasteiger partial charge in [-0.3, -0.25) is 0 Å². The molecule has 0 atom stereocenters. The Morgan fingerprint density at radius 3 is 0.667 bits per heavy atom. The molecule has 0 saturated carbocycles. The van der Waals surface area contributed by atoms with Gasteiger partial charge in [0.1, 0.15) is 0 Å². The van der Waals surface area contributed by atoms with Gasteiger partial charge in [-0.2, -0.15) is 0 Å². The quantitative estimate of drug-likeness (QED) is 0.549. The van der Waals surface area contributed by atoms with Crippen LogP contribution in [0.4, 0.5) is 0 Å². The summed E-state index contributed by atoms with van der Waals surface area (Å²) in [5.74, 6) is 0. The maximum atomic E-state index is 8.58. The molecule has 0 aliphatic heterocycles. The minimum atomic E-state index is -6.17. The molecule has 0 fully saturated rings. The summed E-state index contributed by atoms with van der Waals surface area (Å²) in [5, 5.41) is 51.5. The molecule has 0 saturated heterocycles. The summed E-state index contributed by atoms with van der Waals surface area (Å²) < 4.78 is 0. The van der Waals surface area contributed by atoms with Crippen molar-refractivity contribution < 1.29 is 32.5 Å².